The Balaban J connectivity index is 1.26. The summed E-state index contributed by atoms with van der Waals surface area (Å²) in [5, 5.41) is 2.59. The Morgan fingerprint density at radius 3 is 2.32 bits per heavy atom. The maximum Gasteiger partial charge on any atom is 0.306 e. The summed E-state index contributed by atoms with van der Waals surface area (Å²) in [5.41, 5.74) is 0.266. The van der Waals surface area contributed by atoms with Crippen molar-refractivity contribution in [2.24, 2.45) is 23.2 Å². The van der Waals surface area contributed by atoms with Crippen molar-refractivity contribution in [2.75, 3.05) is 6.61 Å². The highest BCUT2D eigenvalue weighted by Crippen LogP contribution is 2.61. The van der Waals surface area contributed by atoms with Gasteiger partial charge in [0.05, 0.1) is 12.5 Å². The molecule has 6 heteroatoms. The quantitative estimate of drug-likeness (QED) is 0.736. The predicted molar refractivity (Wildman–Crippen MR) is 99.1 cm³/mol. The molecule has 0 aromatic heterocycles. The van der Waals surface area contributed by atoms with Crippen LogP contribution in [0.2, 0.25) is 0 Å². The number of carbonyl (C=O) groups is 2. The van der Waals surface area contributed by atoms with Gasteiger partial charge in [-0.3, -0.25) is 9.59 Å². The molecule has 1 N–H and O–H groups in total. The molecule has 4 nitrogen and oxygen atoms in total. The molecule has 4 aliphatic rings. The van der Waals surface area contributed by atoms with Crippen molar-refractivity contribution >= 4 is 11.9 Å². The average Bonchev–Trinajstić information content (AvgIpc) is 2.58. The molecule has 1 atom stereocenters. The molecule has 0 heterocycles. The molecule has 0 saturated heterocycles. The van der Waals surface area contributed by atoms with Gasteiger partial charge in [0.15, 0.2) is 6.61 Å². The highest BCUT2D eigenvalue weighted by molar-refractivity contribution is 5.81. The third-order valence-electron chi connectivity index (χ3n) is 6.86. The van der Waals surface area contributed by atoms with Crippen molar-refractivity contribution < 1.29 is 23.1 Å². The minimum absolute atomic E-state index is 0.0762. The summed E-state index contributed by atoms with van der Waals surface area (Å²) in [6.45, 7) is 1.23. The first-order valence-electron chi connectivity index (χ1n) is 10.2. The Kier molecular flexibility index (Phi) is 5.15. The number of hydrogen-bond donors (Lipinski definition) is 1. The van der Waals surface area contributed by atoms with Gasteiger partial charge >= 0.3 is 5.97 Å². The first-order valence-corrected chi connectivity index (χ1v) is 10.2. The van der Waals surface area contributed by atoms with Gasteiger partial charge in [0.2, 0.25) is 0 Å². The fourth-order valence-electron chi connectivity index (χ4n) is 6.22. The van der Waals surface area contributed by atoms with Gasteiger partial charge in [-0.2, -0.15) is 0 Å². The van der Waals surface area contributed by atoms with E-state index in [0.717, 1.165) is 49.1 Å². The maximum absolute atomic E-state index is 13.8. The second-order valence-corrected chi connectivity index (χ2v) is 9.21. The minimum Gasteiger partial charge on any atom is -0.456 e. The standard InChI is InChI=1S/C22H27F2NO3/c1-13(18-3-2-17(23)7-19(18)24)25-20(26)12-28-21(27)11-22-8-14-4-15(9-22)6-16(5-14)10-22/h2-3,7,13-16H,4-6,8-12H2,1H3,(H,25,26)/t13-,14?,15?,16?,22?/m0/s1. The molecule has 1 aromatic carbocycles. The predicted octanol–water partition coefficient (Wildman–Crippen LogP) is 4.29. The van der Waals surface area contributed by atoms with Gasteiger partial charge in [0.1, 0.15) is 11.6 Å². The fraction of sp³-hybridized carbons (Fsp3) is 0.636. The van der Waals surface area contributed by atoms with E-state index in [1.807, 2.05) is 0 Å². The van der Waals surface area contributed by atoms with Crippen molar-refractivity contribution in [1.29, 1.82) is 0 Å². The van der Waals surface area contributed by atoms with Crippen LogP contribution in [0.5, 0.6) is 0 Å². The molecule has 1 aromatic rings. The van der Waals surface area contributed by atoms with Crippen LogP contribution in [0.25, 0.3) is 0 Å². The van der Waals surface area contributed by atoms with E-state index in [4.69, 9.17) is 4.74 Å². The molecule has 4 bridgehead atoms. The van der Waals surface area contributed by atoms with E-state index in [-0.39, 0.29) is 23.6 Å². The van der Waals surface area contributed by atoms with E-state index in [2.05, 4.69) is 5.32 Å². The molecule has 0 unspecified atom stereocenters. The third kappa shape index (κ3) is 4.06. The second-order valence-electron chi connectivity index (χ2n) is 9.21. The molecule has 0 aliphatic heterocycles. The van der Waals surface area contributed by atoms with Crippen molar-refractivity contribution in [3.05, 3.63) is 35.4 Å². The molecule has 4 aliphatic carbocycles. The number of nitrogens with one attached hydrogen (secondary N) is 1. The largest absolute Gasteiger partial charge is 0.456 e. The molecule has 1 amide bonds. The first-order chi connectivity index (χ1) is 13.3. The number of esters is 1. The lowest BCUT2D eigenvalue weighted by molar-refractivity contribution is -0.155. The molecular formula is C22H27F2NO3. The minimum atomic E-state index is -0.716. The van der Waals surface area contributed by atoms with Crippen LogP contribution in [0, 0.1) is 34.8 Å². The Bertz CT molecular complexity index is 744. The topological polar surface area (TPSA) is 55.4 Å². The lowest BCUT2D eigenvalue weighted by Gasteiger charge is -2.56. The van der Waals surface area contributed by atoms with Gasteiger partial charge in [0.25, 0.3) is 5.91 Å². The van der Waals surface area contributed by atoms with E-state index >= 15 is 0 Å². The summed E-state index contributed by atoms with van der Waals surface area (Å²) in [4.78, 5) is 24.5. The molecule has 0 spiro atoms. The van der Waals surface area contributed by atoms with Gasteiger partial charge in [-0.05, 0) is 74.7 Å². The first kappa shape index (κ1) is 19.3. The Morgan fingerprint density at radius 2 is 1.75 bits per heavy atom. The highest BCUT2D eigenvalue weighted by Gasteiger charge is 2.51. The van der Waals surface area contributed by atoms with E-state index in [1.165, 1.54) is 25.3 Å². The summed E-state index contributed by atoms with van der Waals surface area (Å²) in [6.07, 6.45) is 7.67. The van der Waals surface area contributed by atoms with Crippen LogP contribution in [0.15, 0.2) is 18.2 Å². The van der Waals surface area contributed by atoms with Gasteiger partial charge in [0, 0.05) is 11.6 Å². The Morgan fingerprint density at radius 1 is 1.14 bits per heavy atom. The van der Waals surface area contributed by atoms with Crippen LogP contribution in [0.3, 0.4) is 0 Å². The molecule has 5 rings (SSSR count). The molecule has 4 saturated carbocycles. The summed E-state index contributed by atoms with van der Waals surface area (Å²) in [5.74, 6) is 0.0780. The van der Waals surface area contributed by atoms with Gasteiger partial charge in [-0.1, -0.05) is 6.07 Å². The number of ether oxygens (including phenoxy) is 1. The maximum atomic E-state index is 13.8. The van der Waals surface area contributed by atoms with E-state index in [9.17, 15) is 18.4 Å². The molecule has 28 heavy (non-hydrogen) atoms. The summed E-state index contributed by atoms with van der Waals surface area (Å²) >= 11 is 0. The highest BCUT2D eigenvalue weighted by atomic mass is 19.1. The average molecular weight is 391 g/mol. The Hall–Kier alpha value is -1.98. The Labute approximate surface area is 164 Å². The SMILES string of the molecule is C[C@H](NC(=O)COC(=O)CC12CC3CC(CC(C3)C1)C2)c1ccc(F)cc1F. The van der Waals surface area contributed by atoms with E-state index in [1.54, 1.807) is 6.92 Å². The molecule has 0 radical (unpaired) electrons. The van der Waals surface area contributed by atoms with Crippen LogP contribution in [-0.4, -0.2) is 18.5 Å². The van der Waals surface area contributed by atoms with Crippen LogP contribution in [0.4, 0.5) is 8.78 Å². The van der Waals surface area contributed by atoms with Crippen molar-refractivity contribution in [1.82, 2.24) is 5.32 Å². The number of halogens is 2. The summed E-state index contributed by atoms with van der Waals surface area (Å²) < 4.78 is 32.0. The molecular weight excluding hydrogens is 364 g/mol. The van der Waals surface area contributed by atoms with Crippen molar-refractivity contribution in [2.45, 2.75) is 57.9 Å². The number of amides is 1. The van der Waals surface area contributed by atoms with Crippen LogP contribution in [-0.2, 0) is 14.3 Å². The van der Waals surface area contributed by atoms with Crippen LogP contribution >= 0.6 is 0 Å². The number of carbonyl (C=O) groups excluding carboxylic acids is 2. The van der Waals surface area contributed by atoms with Crippen LogP contribution in [0.1, 0.15) is 63.5 Å². The number of rotatable bonds is 6. The second kappa shape index (κ2) is 7.45. The zero-order chi connectivity index (χ0) is 19.9. The zero-order valence-corrected chi connectivity index (χ0v) is 16.2. The lowest BCUT2D eigenvalue weighted by Crippen LogP contribution is -2.47. The molecule has 4 fully saturated rings. The monoisotopic (exact) mass is 391 g/mol. The van der Waals surface area contributed by atoms with Crippen molar-refractivity contribution in [3.63, 3.8) is 0 Å². The number of hydrogen-bond acceptors (Lipinski definition) is 3. The normalized spacial score (nSPS) is 31.5. The number of benzene rings is 1. The summed E-state index contributed by atoms with van der Waals surface area (Å²) in [6, 6.07) is 2.58. The fourth-order valence-corrected chi connectivity index (χ4v) is 6.22. The smallest absolute Gasteiger partial charge is 0.306 e. The molecule has 152 valence electrons. The third-order valence-corrected chi connectivity index (χ3v) is 6.86. The zero-order valence-electron chi connectivity index (χ0n) is 16.2. The summed E-state index contributed by atoms with van der Waals surface area (Å²) in [7, 11) is 0. The van der Waals surface area contributed by atoms with E-state index < -0.39 is 23.6 Å². The van der Waals surface area contributed by atoms with Crippen LogP contribution < -0.4 is 5.32 Å². The van der Waals surface area contributed by atoms with E-state index in [0.29, 0.717) is 6.42 Å². The lowest BCUT2D eigenvalue weighted by atomic mass is 9.49. The van der Waals surface area contributed by atoms with Gasteiger partial charge in [-0.15, -0.1) is 0 Å². The van der Waals surface area contributed by atoms with Crippen molar-refractivity contribution in [3.8, 4) is 0 Å². The van der Waals surface area contributed by atoms with Gasteiger partial charge < -0.3 is 10.1 Å². The van der Waals surface area contributed by atoms with Gasteiger partial charge in [-0.25, -0.2) is 8.78 Å².